The van der Waals surface area contributed by atoms with Crippen LogP contribution in [0.25, 0.3) is 0 Å². The number of imide groups is 1. The van der Waals surface area contributed by atoms with Crippen molar-refractivity contribution in [2.75, 3.05) is 25.5 Å². The van der Waals surface area contributed by atoms with Crippen molar-refractivity contribution in [3.63, 3.8) is 0 Å². The molecule has 0 bridgehead atoms. The molecule has 9 heteroatoms. The summed E-state index contributed by atoms with van der Waals surface area (Å²) in [5.41, 5.74) is 4.23. The fourth-order valence-corrected chi connectivity index (χ4v) is 4.19. The maximum atomic E-state index is 12.7. The van der Waals surface area contributed by atoms with Gasteiger partial charge in [0.15, 0.2) is 13.1 Å². The number of nitrogens with one attached hydrogen (secondary N) is 4. The van der Waals surface area contributed by atoms with Crippen LogP contribution in [0.5, 0.6) is 0 Å². The van der Waals surface area contributed by atoms with Crippen molar-refractivity contribution >= 4 is 29.4 Å². The third kappa shape index (κ3) is 4.62. The number of aryl methyl sites for hydroxylation is 2. The Morgan fingerprint density at radius 1 is 1.07 bits per heavy atom. The van der Waals surface area contributed by atoms with Crippen LogP contribution in [-0.2, 0) is 14.4 Å². The Hall–Kier alpha value is -2.94. The van der Waals surface area contributed by atoms with E-state index in [1.54, 1.807) is 7.05 Å². The molecule has 2 aliphatic rings. The van der Waals surface area contributed by atoms with Crippen LogP contribution in [0.2, 0.25) is 0 Å². The molecule has 1 aliphatic heterocycles. The average molecular weight is 417 g/mol. The lowest BCUT2D eigenvalue weighted by molar-refractivity contribution is -0.862. The van der Waals surface area contributed by atoms with Crippen LogP contribution in [0.4, 0.5) is 10.5 Å². The summed E-state index contributed by atoms with van der Waals surface area (Å²) in [5.74, 6) is -1.11. The van der Waals surface area contributed by atoms with Gasteiger partial charge in [0.05, 0.1) is 7.05 Å². The van der Waals surface area contributed by atoms with Crippen molar-refractivity contribution < 1.29 is 24.1 Å². The standard InChI is InChI=1S/C21H29N5O4/c1-14-8-7-9-15(2)18(14)22-16(27)12-25(3)13-17(28)24-26-19(29)21(23-20(26)30)10-5-4-6-11-21/h7-9H,4-6,10-13H2,1-3H3,(H,22,27)(H,23,30)(H,24,28)/p+1. The summed E-state index contributed by atoms with van der Waals surface area (Å²) >= 11 is 0. The van der Waals surface area contributed by atoms with Crippen LogP contribution in [0, 0.1) is 13.8 Å². The van der Waals surface area contributed by atoms with Crippen molar-refractivity contribution in [1.82, 2.24) is 15.8 Å². The van der Waals surface area contributed by atoms with E-state index in [0.29, 0.717) is 17.7 Å². The fourth-order valence-electron chi connectivity index (χ4n) is 4.19. The van der Waals surface area contributed by atoms with Crippen LogP contribution >= 0.6 is 0 Å². The van der Waals surface area contributed by atoms with Crippen molar-refractivity contribution in [2.45, 2.75) is 51.5 Å². The van der Waals surface area contributed by atoms with E-state index in [2.05, 4.69) is 16.1 Å². The van der Waals surface area contributed by atoms with Gasteiger partial charge in [-0.05, 0) is 37.8 Å². The van der Waals surface area contributed by atoms with Gasteiger partial charge in [-0.3, -0.25) is 19.8 Å². The quantitative estimate of drug-likeness (QED) is 0.491. The largest absolute Gasteiger partial charge is 0.344 e. The Balaban J connectivity index is 1.51. The molecule has 3 rings (SSSR count). The Bertz CT molecular complexity index is 843. The molecular weight excluding hydrogens is 386 g/mol. The molecule has 1 saturated carbocycles. The van der Waals surface area contributed by atoms with Gasteiger partial charge in [-0.1, -0.05) is 37.5 Å². The summed E-state index contributed by atoms with van der Waals surface area (Å²) in [5, 5.41) is 6.43. The Kier molecular flexibility index (Phi) is 6.40. The minimum absolute atomic E-state index is 0.0514. The molecule has 1 atom stereocenters. The number of hydrogen-bond donors (Lipinski definition) is 4. The highest BCUT2D eigenvalue weighted by molar-refractivity contribution is 6.08. The Morgan fingerprint density at radius 2 is 1.67 bits per heavy atom. The molecule has 5 amide bonds. The molecule has 1 saturated heterocycles. The molecule has 1 aliphatic carbocycles. The minimum Gasteiger partial charge on any atom is -0.322 e. The van der Waals surface area contributed by atoms with Gasteiger partial charge >= 0.3 is 6.03 Å². The van der Waals surface area contributed by atoms with Gasteiger partial charge in [0.2, 0.25) is 0 Å². The molecule has 1 spiro atoms. The predicted octanol–water partition coefficient (Wildman–Crippen LogP) is 0.0425. The van der Waals surface area contributed by atoms with Crippen molar-refractivity contribution in [2.24, 2.45) is 0 Å². The number of carbonyl (C=O) groups excluding carboxylic acids is 4. The van der Waals surface area contributed by atoms with Crippen LogP contribution in [-0.4, -0.2) is 54.4 Å². The molecule has 1 aromatic rings. The smallest absolute Gasteiger partial charge is 0.322 e. The van der Waals surface area contributed by atoms with E-state index in [1.807, 2.05) is 32.0 Å². The molecule has 2 fully saturated rings. The number of hydrazine groups is 1. The van der Waals surface area contributed by atoms with Gasteiger partial charge in [-0.15, -0.1) is 0 Å². The van der Waals surface area contributed by atoms with E-state index in [4.69, 9.17) is 0 Å². The number of likely N-dealkylation sites (N-methyl/N-ethyl adjacent to an activating group) is 1. The number of rotatable bonds is 6. The highest BCUT2D eigenvalue weighted by Gasteiger charge is 2.52. The van der Waals surface area contributed by atoms with Crippen LogP contribution in [0.1, 0.15) is 43.2 Å². The fraction of sp³-hybridized carbons (Fsp3) is 0.524. The first kappa shape index (κ1) is 21.8. The highest BCUT2D eigenvalue weighted by atomic mass is 16.2. The zero-order valence-corrected chi connectivity index (χ0v) is 17.8. The number of amides is 5. The van der Waals surface area contributed by atoms with Crippen molar-refractivity contribution in [3.8, 4) is 0 Å². The van der Waals surface area contributed by atoms with E-state index in [-0.39, 0.29) is 19.0 Å². The molecule has 4 N–H and O–H groups in total. The molecule has 0 radical (unpaired) electrons. The number of anilines is 1. The molecule has 30 heavy (non-hydrogen) atoms. The van der Waals surface area contributed by atoms with Crippen LogP contribution < -0.4 is 21.0 Å². The summed E-state index contributed by atoms with van der Waals surface area (Å²) in [6.07, 6.45) is 3.96. The summed E-state index contributed by atoms with van der Waals surface area (Å²) in [7, 11) is 1.71. The highest BCUT2D eigenvalue weighted by Crippen LogP contribution is 2.32. The first-order chi connectivity index (χ1) is 14.2. The van der Waals surface area contributed by atoms with E-state index >= 15 is 0 Å². The predicted molar refractivity (Wildman–Crippen MR) is 111 cm³/mol. The molecule has 9 nitrogen and oxygen atoms in total. The van der Waals surface area contributed by atoms with E-state index < -0.39 is 23.4 Å². The zero-order valence-electron chi connectivity index (χ0n) is 17.8. The maximum absolute atomic E-state index is 12.7. The molecule has 1 aromatic carbocycles. The molecule has 1 unspecified atom stereocenters. The van der Waals surface area contributed by atoms with Crippen molar-refractivity contribution in [3.05, 3.63) is 29.3 Å². The summed E-state index contributed by atoms with van der Waals surface area (Å²) in [6, 6.07) is 5.17. The maximum Gasteiger partial charge on any atom is 0.344 e. The van der Waals surface area contributed by atoms with Gasteiger partial charge < -0.3 is 15.5 Å². The zero-order chi connectivity index (χ0) is 21.9. The molecule has 0 aromatic heterocycles. The summed E-state index contributed by atoms with van der Waals surface area (Å²) in [4.78, 5) is 50.3. The number of benzene rings is 1. The SMILES string of the molecule is Cc1cccc(C)c1NC(=O)C[NH+](C)CC(=O)NN1C(=O)NC2(CCCCC2)C1=O. The second kappa shape index (κ2) is 8.83. The lowest BCUT2D eigenvalue weighted by Gasteiger charge is -2.30. The number of hydrogen-bond acceptors (Lipinski definition) is 4. The van der Waals surface area contributed by atoms with Gasteiger partial charge in [-0.25, -0.2) is 4.79 Å². The third-order valence-corrected chi connectivity index (χ3v) is 5.78. The normalized spacial score (nSPS) is 18.8. The van der Waals surface area contributed by atoms with Crippen LogP contribution in [0.3, 0.4) is 0 Å². The second-order valence-electron chi connectivity index (χ2n) is 8.37. The first-order valence-corrected chi connectivity index (χ1v) is 10.4. The topological polar surface area (TPSA) is 112 Å². The van der Waals surface area contributed by atoms with Gasteiger partial charge in [0, 0.05) is 5.69 Å². The second-order valence-corrected chi connectivity index (χ2v) is 8.37. The summed E-state index contributed by atoms with van der Waals surface area (Å²) < 4.78 is 0. The van der Waals surface area contributed by atoms with Crippen molar-refractivity contribution in [1.29, 1.82) is 0 Å². The number of quaternary nitrogens is 1. The number of urea groups is 1. The van der Waals surface area contributed by atoms with Gasteiger partial charge in [0.1, 0.15) is 5.54 Å². The summed E-state index contributed by atoms with van der Waals surface area (Å²) in [6.45, 7) is 3.86. The van der Waals surface area contributed by atoms with E-state index in [0.717, 1.165) is 41.1 Å². The van der Waals surface area contributed by atoms with Gasteiger partial charge in [0.25, 0.3) is 17.7 Å². The van der Waals surface area contributed by atoms with E-state index in [9.17, 15) is 19.2 Å². The van der Waals surface area contributed by atoms with Crippen LogP contribution in [0.15, 0.2) is 18.2 Å². The van der Waals surface area contributed by atoms with E-state index in [1.165, 1.54) is 0 Å². The Labute approximate surface area is 176 Å². The Morgan fingerprint density at radius 3 is 2.30 bits per heavy atom. The molecule has 162 valence electrons. The number of carbonyl (C=O) groups is 4. The number of nitrogens with zero attached hydrogens (tertiary/aromatic N) is 1. The monoisotopic (exact) mass is 416 g/mol. The third-order valence-electron chi connectivity index (χ3n) is 5.78. The first-order valence-electron chi connectivity index (χ1n) is 10.4. The minimum atomic E-state index is -0.882. The number of para-hydroxylation sites is 1. The lowest BCUT2D eigenvalue weighted by Crippen LogP contribution is -3.11. The molecular formula is C21H30N5O4+. The lowest BCUT2D eigenvalue weighted by atomic mass is 9.82. The van der Waals surface area contributed by atoms with Gasteiger partial charge in [-0.2, -0.15) is 5.01 Å². The average Bonchev–Trinajstić information content (AvgIpc) is 2.89. The molecule has 1 heterocycles.